The Bertz CT molecular complexity index is 3560. The van der Waals surface area contributed by atoms with Crippen LogP contribution in [0.3, 0.4) is 0 Å². The van der Waals surface area contributed by atoms with Crippen LogP contribution >= 0.6 is 0 Å². The molecule has 0 saturated heterocycles. The lowest BCUT2D eigenvalue weighted by molar-refractivity contribution is 0.520. The molecule has 0 N–H and O–H groups in total. The number of aromatic nitrogens is 4. The summed E-state index contributed by atoms with van der Waals surface area (Å²) in [5.74, 6) is 0.864. The molecule has 0 bridgehead atoms. The van der Waals surface area contributed by atoms with Crippen molar-refractivity contribution < 1.29 is 0 Å². The Hall–Kier alpha value is -8.15. The molecule has 0 saturated carbocycles. The maximum Gasteiger partial charge on any atom is 0.217 e. The molecule has 0 radical (unpaired) electrons. The molecule has 0 amide bonds. The predicted octanol–water partition coefficient (Wildman–Crippen LogP) is 13.9. The summed E-state index contributed by atoms with van der Waals surface area (Å²) in [4.78, 5) is 7.86. The second-order valence-electron chi connectivity index (χ2n) is 16.0. The predicted molar refractivity (Wildman–Crippen MR) is 251 cm³/mol. The lowest BCUT2D eigenvalue weighted by Crippen LogP contribution is -2.43. The average Bonchev–Trinajstić information content (AvgIpc) is 3.99. The van der Waals surface area contributed by atoms with Crippen molar-refractivity contribution in [3.05, 3.63) is 241 Å². The van der Waals surface area contributed by atoms with Crippen LogP contribution in [-0.2, 0) is 5.54 Å². The first kappa shape index (κ1) is 33.8. The molecule has 0 unspecified atom stereocenters. The van der Waals surface area contributed by atoms with Crippen LogP contribution in [0.15, 0.2) is 224 Å². The molecule has 0 atom stereocenters. The van der Waals surface area contributed by atoms with E-state index in [0.717, 1.165) is 50.8 Å². The molecule has 13 rings (SSSR count). The Balaban J connectivity index is 1.11. The monoisotopic (exact) mass is 779 g/mol. The number of imidazole rings is 1. The van der Waals surface area contributed by atoms with Crippen LogP contribution in [0.2, 0.25) is 0 Å². The van der Waals surface area contributed by atoms with Gasteiger partial charge >= 0.3 is 0 Å². The van der Waals surface area contributed by atoms with E-state index in [0.29, 0.717) is 0 Å². The zero-order valence-corrected chi connectivity index (χ0v) is 33.1. The van der Waals surface area contributed by atoms with Crippen LogP contribution in [-0.4, -0.2) is 18.7 Å². The minimum atomic E-state index is -0.745. The Labute approximate surface area is 352 Å². The number of hydrogen-bond acceptors (Lipinski definition) is 2. The van der Waals surface area contributed by atoms with Gasteiger partial charge in [0.2, 0.25) is 5.95 Å². The van der Waals surface area contributed by atoms with Crippen LogP contribution < -0.4 is 4.90 Å². The van der Waals surface area contributed by atoms with E-state index < -0.39 is 5.54 Å². The SMILES string of the molecule is c1ccc(N2c3cc(-n4c5ccccc5c5cc(-n6c7ccccc7c7ccccc76)ccc54)ccc3C(c3ccccc3)(c3ccccc3)n3c2nc2ccccc23)cc1. The van der Waals surface area contributed by atoms with Crippen molar-refractivity contribution in [2.75, 3.05) is 4.90 Å². The minimum Gasteiger partial charge on any atom is -0.309 e. The number of benzene rings is 9. The number of para-hydroxylation sites is 6. The first-order valence-electron chi connectivity index (χ1n) is 20.9. The van der Waals surface area contributed by atoms with Gasteiger partial charge in [0.1, 0.15) is 5.54 Å². The fourth-order valence-corrected chi connectivity index (χ4v) is 10.4. The van der Waals surface area contributed by atoms with Crippen molar-refractivity contribution in [2.45, 2.75) is 5.54 Å². The van der Waals surface area contributed by atoms with Gasteiger partial charge in [-0.1, -0.05) is 152 Å². The van der Waals surface area contributed by atoms with Gasteiger partial charge in [-0.15, -0.1) is 0 Å². The van der Waals surface area contributed by atoms with Gasteiger partial charge in [0, 0.05) is 44.2 Å². The summed E-state index contributed by atoms with van der Waals surface area (Å²) in [6.07, 6.45) is 0. The molecule has 0 fully saturated rings. The highest BCUT2D eigenvalue weighted by Gasteiger charge is 2.48. The maximum atomic E-state index is 5.51. The van der Waals surface area contributed by atoms with Gasteiger partial charge in [0.05, 0.1) is 38.8 Å². The Morgan fingerprint density at radius 1 is 0.344 bits per heavy atom. The molecule has 0 aliphatic carbocycles. The number of fused-ring (bicyclic) bond motifs is 10. The van der Waals surface area contributed by atoms with Gasteiger partial charge in [-0.2, -0.15) is 0 Å². The summed E-state index contributed by atoms with van der Waals surface area (Å²) < 4.78 is 7.32. The summed E-state index contributed by atoms with van der Waals surface area (Å²) in [5.41, 5.74) is 13.8. The number of nitrogens with zero attached hydrogens (tertiary/aromatic N) is 5. The molecular weight excluding hydrogens is 743 g/mol. The molecule has 4 heterocycles. The summed E-state index contributed by atoms with van der Waals surface area (Å²) in [5, 5.41) is 4.93. The van der Waals surface area contributed by atoms with Crippen molar-refractivity contribution in [3.63, 3.8) is 0 Å². The third-order valence-electron chi connectivity index (χ3n) is 12.8. The van der Waals surface area contributed by atoms with Crippen LogP contribution in [0.4, 0.5) is 17.3 Å². The van der Waals surface area contributed by atoms with E-state index in [1.807, 2.05) is 0 Å². The molecule has 0 spiro atoms. The van der Waals surface area contributed by atoms with E-state index in [9.17, 15) is 0 Å². The molecule has 5 nitrogen and oxygen atoms in total. The van der Waals surface area contributed by atoms with Crippen molar-refractivity contribution in [1.82, 2.24) is 18.7 Å². The molecular formula is C56H37N5. The normalized spacial score (nSPS) is 13.3. The van der Waals surface area contributed by atoms with E-state index in [1.54, 1.807) is 0 Å². The summed E-state index contributed by atoms with van der Waals surface area (Å²) in [6, 6.07) is 81.4. The number of anilines is 3. The van der Waals surface area contributed by atoms with Gasteiger partial charge < -0.3 is 9.13 Å². The molecule has 1 aliphatic heterocycles. The van der Waals surface area contributed by atoms with Crippen LogP contribution in [0.1, 0.15) is 16.7 Å². The van der Waals surface area contributed by atoms with E-state index >= 15 is 0 Å². The van der Waals surface area contributed by atoms with Crippen LogP contribution in [0.5, 0.6) is 0 Å². The van der Waals surface area contributed by atoms with E-state index in [4.69, 9.17) is 4.98 Å². The summed E-state index contributed by atoms with van der Waals surface area (Å²) in [7, 11) is 0. The summed E-state index contributed by atoms with van der Waals surface area (Å²) in [6.45, 7) is 0. The standard InChI is InChI=1S/C56H37N5/c1-4-18-38(19-5-1)56(39-20-6-2-7-21-39)47-34-32-42(37-54(47)60(40-22-8-3-9-23-40)55-57-48-27-13-17-31-53(48)61(55)56)59-51-30-16-12-26-45(51)46-36-41(33-35-52(46)59)58-49-28-14-10-24-43(49)44-25-11-15-29-50(44)58/h1-37H. The van der Waals surface area contributed by atoms with E-state index in [1.165, 1.54) is 49.3 Å². The van der Waals surface area contributed by atoms with Crippen molar-refractivity contribution in [3.8, 4) is 11.4 Å². The maximum absolute atomic E-state index is 5.51. The first-order chi connectivity index (χ1) is 30.3. The molecule has 61 heavy (non-hydrogen) atoms. The Morgan fingerprint density at radius 2 is 0.803 bits per heavy atom. The van der Waals surface area contributed by atoms with Crippen LogP contribution in [0.25, 0.3) is 66.0 Å². The fourth-order valence-electron chi connectivity index (χ4n) is 10.4. The Morgan fingerprint density at radius 3 is 1.41 bits per heavy atom. The van der Waals surface area contributed by atoms with Crippen LogP contribution in [0, 0.1) is 0 Å². The minimum absolute atomic E-state index is 0.745. The number of rotatable bonds is 5. The van der Waals surface area contributed by atoms with Crippen molar-refractivity contribution in [2.24, 2.45) is 0 Å². The van der Waals surface area contributed by atoms with Gasteiger partial charge in [-0.25, -0.2) is 4.98 Å². The zero-order valence-electron chi connectivity index (χ0n) is 33.1. The molecule has 1 aliphatic rings. The molecule has 3 aromatic heterocycles. The lowest BCUT2D eigenvalue weighted by atomic mass is 9.74. The second-order valence-corrected chi connectivity index (χ2v) is 16.0. The highest BCUT2D eigenvalue weighted by molar-refractivity contribution is 6.12. The molecule has 286 valence electrons. The highest BCUT2D eigenvalue weighted by atomic mass is 15.4. The third-order valence-corrected chi connectivity index (χ3v) is 12.8. The lowest BCUT2D eigenvalue weighted by Gasteiger charge is -2.46. The van der Waals surface area contributed by atoms with Gasteiger partial charge in [0.15, 0.2) is 0 Å². The van der Waals surface area contributed by atoms with E-state index in [-0.39, 0.29) is 0 Å². The smallest absolute Gasteiger partial charge is 0.217 e. The van der Waals surface area contributed by atoms with Gasteiger partial charge in [-0.3, -0.25) is 9.47 Å². The van der Waals surface area contributed by atoms with Gasteiger partial charge in [-0.05, 0) is 83.9 Å². The van der Waals surface area contributed by atoms with Gasteiger partial charge in [0.25, 0.3) is 0 Å². The number of hydrogen-bond donors (Lipinski definition) is 0. The van der Waals surface area contributed by atoms with Crippen molar-refractivity contribution in [1.29, 1.82) is 0 Å². The zero-order chi connectivity index (χ0) is 40.1. The first-order valence-corrected chi connectivity index (χ1v) is 20.9. The quantitative estimate of drug-likeness (QED) is 0.174. The van der Waals surface area contributed by atoms with E-state index in [2.05, 4.69) is 243 Å². The third kappa shape index (κ3) is 4.68. The Kier molecular flexibility index (Phi) is 7.16. The topological polar surface area (TPSA) is 30.9 Å². The highest BCUT2D eigenvalue weighted by Crippen LogP contribution is 2.55. The second kappa shape index (κ2) is 12.9. The molecule has 5 heteroatoms. The molecule has 9 aromatic carbocycles. The van der Waals surface area contributed by atoms with Crippen molar-refractivity contribution >= 4 is 72.0 Å². The average molecular weight is 780 g/mol. The molecule has 12 aromatic rings. The largest absolute Gasteiger partial charge is 0.309 e. The fraction of sp³-hybridized carbons (Fsp3) is 0.0179. The summed E-state index contributed by atoms with van der Waals surface area (Å²) >= 11 is 0.